The molecule has 2 aromatic rings. The lowest BCUT2D eigenvalue weighted by Gasteiger charge is -2.23. The molecule has 1 aliphatic rings. The van der Waals surface area contributed by atoms with Crippen LogP contribution in [0, 0.1) is 18.6 Å². The van der Waals surface area contributed by atoms with Gasteiger partial charge in [-0.2, -0.15) is 9.49 Å². The summed E-state index contributed by atoms with van der Waals surface area (Å²) >= 11 is 0. The average Bonchev–Trinajstić information content (AvgIpc) is 2.91. The Kier molecular flexibility index (Phi) is 7.22. The molecule has 0 amide bonds. The van der Waals surface area contributed by atoms with Crippen molar-refractivity contribution < 1.29 is 28.5 Å². The molecule has 1 heterocycles. The zero-order valence-corrected chi connectivity index (χ0v) is 18.0. The zero-order valence-electron chi connectivity index (χ0n) is 18.0. The Bertz CT molecular complexity index is 1100. The minimum Gasteiger partial charge on any atom is -0.478 e. The number of hydrogen-bond donors (Lipinski definition) is 3. The van der Waals surface area contributed by atoms with Crippen molar-refractivity contribution in [1.29, 1.82) is 0 Å². The van der Waals surface area contributed by atoms with Crippen molar-refractivity contribution in [2.45, 2.75) is 39.0 Å². The van der Waals surface area contributed by atoms with Gasteiger partial charge in [-0.1, -0.05) is 37.3 Å². The SMILES string of the molecule is CCC(NC(O)c1c(C)nn(C)c1Oc1cccc(F)c1F)C1=CC=C(C(=O)O)CC=C1. The van der Waals surface area contributed by atoms with Gasteiger partial charge in [0.15, 0.2) is 11.6 Å². The minimum atomic E-state index is -1.24. The lowest BCUT2D eigenvalue weighted by molar-refractivity contribution is -0.132. The summed E-state index contributed by atoms with van der Waals surface area (Å²) in [6.45, 7) is 3.59. The highest BCUT2D eigenvalue weighted by Crippen LogP contribution is 2.33. The van der Waals surface area contributed by atoms with Crippen LogP contribution in [0.1, 0.15) is 37.3 Å². The molecule has 2 atom stereocenters. The first-order chi connectivity index (χ1) is 15.2. The number of benzene rings is 1. The number of aryl methyl sites for hydroxylation is 2. The molecule has 170 valence electrons. The van der Waals surface area contributed by atoms with Crippen molar-refractivity contribution in [2.75, 3.05) is 0 Å². The number of ether oxygens (including phenoxy) is 1. The topological polar surface area (TPSA) is 96.6 Å². The predicted octanol–water partition coefficient (Wildman–Crippen LogP) is 4.06. The van der Waals surface area contributed by atoms with Gasteiger partial charge < -0.3 is 14.9 Å². The Morgan fingerprint density at radius 1 is 1.34 bits per heavy atom. The summed E-state index contributed by atoms with van der Waals surface area (Å²) in [6.07, 6.45) is 6.48. The van der Waals surface area contributed by atoms with Gasteiger partial charge in [0, 0.05) is 18.7 Å². The van der Waals surface area contributed by atoms with Crippen LogP contribution in [0.2, 0.25) is 0 Å². The number of carboxylic acid groups (broad SMARTS) is 1. The van der Waals surface area contributed by atoms with Crippen LogP contribution in [-0.2, 0) is 11.8 Å². The van der Waals surface area contributed by atoms with Gasteiger partial charge in [-0.3, -0.25) is 5.32 Å². The number of rotatable bonds is 8. The van der Waals surface area contributed by atoms with Crippen molar-refractivity contribution in [2.24, 2.45) is 7.05 Å². The molecule has 3 rings (SSSR count). The van der Waals surface area contributed by atoms with E-state index in [0.717, 1.165) is 11.6 Å². The highest BCUT2D eigenvalue weighted by atomic mass is 19.2. The number of carboxylic acids is 1. The third-order valence-electron chi connectivity index (χ3n) is 5.18. The molecule has 0 saturated heterocycles. The summed E-state index contributed by atoms with van der Waals surface area (Å²) in [7, 11) is 1.57. The van der Waals surface area contributed by atoms with Gasteiger partial charge >= 0.3 is 5.97 Å². The zero-order chi connectivity index (χ0) is 23.4. The van der Waals surface area contributed by atoms with E-state index in [4.69, 9.17) is 4.74 Å². The molecule has 9 heteroatoms. The second kappa shape index (κ2) is 9.88. The van der Waals surface area contributed by atoms with Crippen molar-refractivity contribution in [1.82, 2.24) is 15.1 Å². The summed E-state index contributed by atoms with van der Waals surface area (Å²) in [5, 5.41) is 27.5. The van der Waals surface area contributed by atoms with Gasteiger partial charge in [0.2, 0.25) is 11.7 Å². The monoisotopic (exact) mass is 445 g/mol. The van der Waals surface area contributed by atoms with E-state index in [2.05, 4.69) is 10.4 Å². The molecule has 7 nitrogen and oxygen atoms in total. The van der Waals surface area contributed by atoms with E-state index in [1.165, 1.54) is 16.8 Å². The molecule has 0 radical (unpaired) electrons. The maximum atomic E-state index is 14.1. The van der Waals surface area contributed by atoms with E-state index in [1.807, 2.05) is 13.0 Å². The van der Waals surface area contributed by atoms with E-state index in [1.54, 1.807) is 32.2 Å². The van der Waals surface area contributed by atoms with Gasteiger partial charge in [-0.25, -0.2) is 13.9 Å². The number of halogens is 2. The van der Waals surface area contributed by atoms with Crippen molar-refractivity contribution in [3.8, 4) is 11.6 Å². The van der Waals surface area contributed by atoms with Crippen LogP contribution in [0.25, 0.3) is 0 Å². The lowest BCUT2D eigenvalue weighted by Crippen LogP contribution is -2.34. The van der Waals surface area contributed by atoms with Crippen LogP contribution in [0.3, 0.4) is 0 Å². The molecule has 32 heavy (non-hydrogen) atoms. The summed E-state index contributed by atoms with van der Waals surface area (Å²) < 4.78 is 34.6. The molecular formula is C23H25F2N3O4. The van der Waals surface area contributed by atoms with Crippen LogP contribution in [0.15, 0.2) is 53.6 Å². The maximum Gasteiger partial charge on any atom is 0.331 e. The molecule has 0 bridgehead atoms. The summed E-state index contributed by atoms with van der Waals surface area (Å²) in [5.74, 6) is -3.42. The van der Waals surface area contributed by atoms with E-state index < -0.39 is 23.8 Å². The first-order valence-electron chi connectivity index (χ1n) is 10.1. The second-order valence-corrected chi connectivity index (χ2v) is 7.38. The quantitative estimate of drug-likeness (QED) is 0.531. The second-order valence-electron chi connectivity index (χ2n) is 7.38. The maximum absolute atomic E-state index is 14.1. The van der Waals surface area contributed by atoms with Crippen molar-refractivity contribution in [3.63, 3.8) is 0 Å². The van der Waals surface area contributed by atoms with Crippen LogP contribution in [0.4, 0.5) is 8.78 Å². The number of allylic oxidation sites excluding steroid dienone is 3. The third kappa shape index (κ3) is 4.95. The van der Waals surface area contributed by atoms with E-state index in [9.17, 15) is 23.8 Å². The number of carbonyl (C=O) groups is 1. The average molecular weight is 445 g/mol. The third-order valence-corrected chi connectivity index (χ3v) is 5.18. The molecule has 2 unspecified atom stereocenters. The van der Waals surface area contributed by atoms with Gasteiger partial charge in [0.25, 0.3) is 0 Å². The van der Waals surface area contributed by atoms with E-state index in [-0.39, 0.29) is 28.8 Å². The van der Waals surface area contributed by atoms with Gasteiger partial charge in [0.05, 0.1) is 11.3 Å². The number of aromatic nitrogens is 2. The lowest BCUT2D eigenvalue weighted by atomic mass is 10.0. The fraction of sp³-hybridized carbons (Fsp3) is 0.304. The predicted molar refractivity (Wildman–Crippen MR) is 114 cm³/mol. The van der Waals surface area contributed by atoms with Crippen LogP contribution in [0.5, 0.6) is 11.6 Å². The van der Waals surface area contributed by atoms with Gasteiger partial charge in [-0.15, -0.1) is 0 Å². The number of aliphatic hydroxyl groups excluding tert-OH is 1. The molecule has 0 spiro atoms. The summed E-state index contributed by atoms with van der Waals surface area (Å²) in [5.41, 5.74) is 1.80. The first kappa shape index (κ1) is 23.4. The van der Waals surface area contributed by atoms with Crippen LogP contribution >= 0.6 is 0 Å². The van der Waals surface area contributed by atoms with Crippen LogP contribution in [-0.4, -0.2) is 32.0 Å². The normalized spacial score (nSPS) is 15.6. The fourth-order valence-corrected chi connectivity index (χ4v) is 3.51. The van der Waals surface area contributed by atoms with Crippen molar-refractivity contribution >= 4 is 5.97 Å². The van der Waals surface area contributed by atoms with E-state index in [0.29, 0.717) is 18.5 Å². The highest BCUT2D eigenvalue weighted by molar-refractivity contribution is 5.87. The smallest absolute Gasteiger partial charge is 0.331 e. The molecule has 1 aromatic carbocycles. The Morgan fingerprint density at radius 2 is 2.09 bits per heavy atom. The molecule has 0 saturated carbocycles. The minimum absolute atomic E-state index is 0.0697. The van der Waals surface area contributed by atoms with Crippen LogP contribution < -0.4 is 10.1 Å². The number of hydrogen-bond acceptors (Lipinski definition) is 5. The van der Waals surface area contributed by atoms with E-state index >= 15 is 0 Å². The molecule has 1 aliphatic carbocycles. The molecule has 1 aromatic heterocycles. The Hall–Kier alpha value is -3.30. The number of nitrogens with one attached hydrogen (secondary N) is 1. The Labute approximate surface area is 184 Å². The summed E-state index contributed by atoms with van der Waals surface area (Å²) in [4.78, 5) is 11.2. The standard InChI is InChI=1S/C23H25F2N3O4/c1-4-17(14-7-5-8-15(12-11-14)23(30)31)26-21(29)19-13(2)27-28(3)22(19)32-18-10-6-9-16(24)20(18)25/h5-7,9-12,17,21,26,29H,4,8H2,1-3H3,(H,30,31). The Morgan fingerprint density at radius 3 is 2.78 bits per heavy atom. The largest absolute Gasteiger partial charge is 0.478 e. The molecule has 3 N–H and O–H groups in total. The fourth-order valence-electron chi connectivity index (χ4n) is 3.51. The molecular weight excluding hydrogens is 420 g/mol. The number of aliphatic hydroxyl groups is 1. The first-order valence-corrected chi connectivity index (χ1v) is 10.1. The van der Waals surface area contributed by atoms with Gasteiger partial charge in [0.1, 0.15) is 6.23 Å². The highest BCUT2D eigenvalue weighted by Gasteiger charge is 2.26. The van der Waals surface area contributed by atoms with Gasteiger partial charge in [-0.05, 0) is 37.5 Å². The van der Waals surface area contributed by atoms with Crippen molar-refractivity contribution in [3.05, 3.63) is 76.5 Å². The number of nitrogens with zero attached hydrogens (tertiary/aromatic N) is 2. The summed E-state index contributed by atoms with van der Waals surface area (Å²) in [6, 6.07) is 3.27. The number of aliphatic carboxylic acids is 1. The Balaban J connectivity index is 1.88. The molecule has 0 aliphatic heterocycles. The molecule has 0 fully saturated rings.